The first-order valence-corrected chi connectivity index (χ1v) is 6.95. The molecule has 6 heteroatoms. The number of methoxy groups -OCH3 is 2. The molecule has 0 spiro atoms. The third-order valence-corrected chi connectivity index (χ3v) is 3.11. The Bertz CT molecular complexity index is 399. The molecule has 0 atom stereocenters. The lowest BCUT2D eigenvalue weighted by Gasteiger charge is -2.27. The van der Waals surface area contributed by atoms with Gasteiger partial charge in [0.15, 0.2) is 0 Å². The summed E-state index contributed by atoms with van der Waals surface area (Å²) in [7, 11) is 3.41. The van der Waals surface area contributed by atoms with Crippen molar-refractivity contribution >= 4 is 11.6 Å². The van der Waals surface area contributed by atoms with E-state index in [4.69, 9.17) is 15.2 Å². The zero-order valence-electron chi connectivity index (χ0n) is 12.9. The summed E-state index contributed by atoms with van der Waals surface area (Å²) >= 11 is 0. The summed E-state index contributed by atoms with van der Waals surface area (Å²) in [5.41, 5.74) is 7.01. The van der Waals surface area contributed by atoms with Crippen LogP contribution < -0.4 is 10.6 Å². The van der Waals surface area contributed by atoms with Crippen LogP contribution in [0.5, 0.6) is 0 Å². The molecule has 1 aromatic heterocycles. The largest absolute Gasteiger partial charge is 0.385 e. The van der Waals surface area contributed by atoms with Crippen LogP contribution in [-0.4, -0.2) is 50.5 Å². The first kappa shape index (κ1) is 16.7. The average molecular weight is 282 g/mol. The fourth-order valence-corrected chi connectivity index (χ4v) is 2.13. The molecule has 1 rings (SSSR count). The Morgan fingerprint density at radius 1 is 1.15 bits per heavy atom. The number of ether oxygens (including phenoxy) is 2. The third kappa shape index (κ3) is 4.61. The number of nitrogens with zero attached hydrogens (tertiary/aromatic N) is 3. The highest BCUT2D eigenvalue weighted by Crippen LogP contribution is 2.29. The highest BCUT2D eigenvalue weighted by molar-refractivity contribution is 5.58. The maximum atomic E-state index is 6.01. The molecular formula is C14H26N4O2. The van der Waals surface area contributed by atoms with Gasteiger partial charge >= 0.3 is 0 Å². The van der Waals surface area contributed by atoms with Gasteiger partial charge in [-0.1, -0.05) is 13.8 Å². The molecule has 1 heterocycles. The SMILES string of the molecule is COCCCN(CCOC)c1ncnc(N)c1C(C)C. The molecule has 0 fully saturated rings. The van der Waals surface area contributed by atoms with E-state index in [-0.39, 0.29) is 5.92 Å². The lowest BCUT2D eigenvalue weighted by molar-refractivity contribution is 0.191. The van der Waals surface area contributed by atoms with Gasteiger partial charge in [-0.15, -0.1) is 0 Å². The number of hydrogen-bond donors (Lipinski definition) is 1. The Kier molecular flexibility index (Phi) is 7.25. The van der Waals surface area contributed by atoms with Crippen molar-refractivity contribution in [2.75, 3.05) is 51.2 Å². The smallest absolute Gasteiger partial charge is 0.137 e. The molecule has 2 N–H and O–H groups in total. The molecule has 0 saturated carbocycles. The number of nitrogen functional groups attached to an aromatic ring is 1. The summed E-state index contributed by atoms with van der Waals surface area (Å²) < 4.78 is 10.3. The second-order valence-electron chi connectivity index (χ2n) is 4.98. The molecular weight excluding hydrogens is 256 g/mol. The standard InChI is InChI=1S/C14H26N4O2/c1-11(2)12-13(15)16-10-17-14(12)18(7-9-20-4)6-5-8-19-3/h10-11H,5-9H2,1-4H3,(H2,15,16,17). The summed E-state index contributed by atoms with van der Waals surface area (Å²) in [5, 5.41) is 0. The molecule has 0 bridgehead atoms. The highest BCUT2D eigenvalue weighted by atomic mass is 16.5. The van der Waals surface area contributed by atoms with E-state index in [9.17, 15) is 0 Å². The fraction of sp³-hybridized carbons (Fsp3) is 0.714. The molecule has 20 heavy (non-hydrogen) atoms. The van der Waals surface area contributed by atoms with Crippen molar-refractivity contribution < 1.29 is 9.47 Å². The first-order valence-electron chi connectivity index (χ1n) is 6.95. The van der Waals surface area contributed by atoms with E-state index >= 15 is 0 Å². The van der Waals surface area contributed by atoms with Crippen molar-refractivity contribution in [3.05, 3.63) is 11.9 Å². The fourth-order valence-electron chi connectivity index (χ4n) is 2.13. The molecule has 6 nitrogen and oxygen atoms in total. The molecule has 0 unspecified atom stereocenters. The van der Waals surface area contributed by atoms with Crippen LogP contribution in [0, 0.1) is 0 Å². The quantitative estimate of drug-likeness (QED) is 0.695. The van der Waals surface area contributed by atoms with Crippen LogP contribution >= 0.6 is 0 Å². The van der Waals surface area contributed by atoms with Gasteiger partial charge < -0.3 is 20.1 Å². The molecule has 114 valence electrons. The van der Waals surface area contributed by atoms with Crippen LogP contribution in [0.2, 0.25) is 0 Å². The van der Waals surface area contributed by atoms with E-state index < -0.39 is 0 Å². The van der Waals surface area contributed by atoms with Crippen molar-refractivity contribution in [2.24, 2.45) is 0 Å². The van der Waals surface area contributed by atoms with Gasteiger partial charge in [0, 0.05) is 39.5 Å². The average Bonchev–Trinajstić information content (AvgIpc) is 2.42. The molecule has 0 aliphatic heterocycles. The number of nitrogens with two attached hydrogens (primary N) is 1. The Hall–Kier alpha value is -1.40. The topological polar surface area (TPSA) is 73.5 Å². The van der Waals surface area contributed by atoms with E-state index in [1.165, 1.54) is 6.33 Å². The Morgan fingerprint density at radius 2 is 1.85 bits per heavy atom. The molecule has 0 aromatic carbocycles. The molecule has 0 aliphatic carbocycles. The molecule has 0 saturated heterocycles. The summed E-state index contributed by atoms with van der Waals surface area (Å²) in [6.07, 6.45) is 2.45. The first-order chi connectivity index (χ1) is 9.61. The molecule has 0 aliphatic rings. The van der Waals surface area contributed by atoms with Crippen molar-refractivity contribution in [2.45, 2.75) is 26.2 Å². The second-order valence-corrected chi connectivity index (χ2v) is 4.98. The van der Waals surface area contributed by atoms with Gasteiger partial charge in [0.05, 0.1) is 6.61 Å². The molecule has 0 radical (unpaired) electrons. The van der Waals surface area contributed by atoms with Crippen LogP contribution in [0.4, 0.5) is 11.6 Å². The van der Waals surface area contributed by atoms with Crippen LogP contribution in [0.3, 0.4) is 0 Å². The van der Waals surface area contributed by atoms with Crippen LogP contribution in [0.1, 0.15) is 31.7 Å². The van der Waals surface area contributed by atoms with Gasteiger partial charge in [0.25, 0.3) is 0 Å². The molecule has 0 amide bonds. The number of hydrogen-bond acceptors (Lipinski definition) is 6. The third-order valence-electron chi connectivity index (χ3n) is 3.11. The number of rotatable bonds is 9. The maximum absolute atomic E-state index is 6.01. The zero-order valence-corrected chi connectivity index (χ0v) is 12.9. The normalized spacial score (nSPS) is 11.1. The van der Waals surface area contributed by atoms with Gasteiger partial charge in [0.2, 0.25) is 0 Å². The predicted octanol–water partition coefficient (Wildman–Crippen LogP) is 1.67. The minimum atomic E-state index is 0.277. The van der Waals surface area contributed by atoms with Gasteiger partial charge in [0.1, 0.15) is 18.0 Å². The van der Waals surface area contributed by atoms with Crippen molar-refractivity contribution in [1.82, 2.24) is 9.97 Å². The Morgan fingerprint density at radius 3 is 2.45 bits per heavy atom. The minimum absolute atomic E-state index is 0.277. The monoisotopic (exact) mass is 282 g/mol. The van der Waals surface area contributed by atoms with Gasteiger partial charge in [-0.25, -0.2) is 9.97 Å². The van der Waals surface area contributed by atoms with Crippen LogP contribution in [-0.2, 0) is 9.47 Å². The highest BCUT2D eigenvalue weighted by Gasteiger charge is 2.18. The predicted molar refractivity (Wildman–Crippen MR) is 81.1 cm³/mol. The van der Waals surface area contributed by atoms with Gasteiger partial charge in [-0.05, 0) is 12.3 Å². The Labute approximate surface area is 121 Å². The summed E-state index contributed by atoms with van der Waals surface area (Å²) in [5.74, 6) is 1.73. The summed E-state index contributed by atoms with van der Waals surface area (Å²) in [6, 6.07) is 0. The molecule has 1 aromatic rings. The Balaban J connectivity index is 2.96. The minimum Gasteiger partial charge on any atom is -0.385 e. The van der Waals surface area contributed by atoms with E-state index in [0.717, 1.165) is 37.5 Å². The van der Waals surface area contributed by atoms with Gasteiger partial charge in [-0.3, -0.25) is 0 Å². The van der Waals surface area contributed by atoms with E-state index in [1.807, 2.05) is 0 Å². The lowest BCUT2D eigenvalue weighted by Crippen LogP contribution is -2.31. The zero-order chi connectivity index (χ0) is 15.0. The lowest BCUT2D eigenvalue weighted by atomic mass is 10.0. The van der Waals surface area contributed by atoms with E-state index in [0.29, 0.717) is 12.4 Å². The number of anilines is 2. The number of aromatic nitrogens is 2. The van der Waals surface area contributed by atoms with E-state index in [2.05, 4.69) is 28.7 Å². The van der Waals surface area contributed by atoms with Crippen molar-refractivity contribution in [3.63, 3.8) is 0 Å². The van der Waals surface area contributed by atoms with Crippen LogP contribution in [0.25, 0.3) is 0 Å². The van der Waals surface area contributed by atoms with Crippen LogP contribution in [0.15, 0.2) is 6.33 Å². The van der Waals surface area contributed by atoms with E-state index in [1.54, 1.807) is 14.2 Å². The van der Waals surface area contributed by atoms with Gasteiger partial charge in [-0.2, -0.15) is 0 Å². The second kappa shape index (κ2) is 8.71. The van der Waals surface area contributed by atoms with Crippen molar-refractivity contribution in [3.8, 4) is 0 Å². The summed E-state index contributed by atoms with van der Waals surface area (Å²) in [6.45, 7) is 7.20. The summed E-state index contributed by atoms with van der Waals surface area (Å²) in [4.78, 5) is 10.7. The van der Waals surface area contributed by atoms with Crippen molar-refractivity contribution in [1.29, 1.82) is 0 Å². The maximum Gasteiger partial charge on any atom is 0.137 e.